The summed E-state index contributed by atoms with van der Waals surface area (Å²) in [6.07, 6.45) is 1.27. The van der Waals surface area contributed by atoms with Gasteiger partial charge in [-0.25, -0.2) is 4.98 Å². The molecule has 3 rings (SSSR count). The second-order valence-corrected chi connectivity index (χ2v) is 5.52. The molecule has 0 fully saturated rings. The first kappa shape index (κ1) is 16.5. The van der Waals surface area contributed by atoms with Gasteiger partial charge < -0.3 is 20.2 Å². The Morgan fingerprint density at radius 2 is 2.00 bits per heavy atom. The molecule has 0 atom stereocenters. The zero-order valence-electron chi connectivity index (χ0n) is 13.9. The second kappa shape index (κ2) is 7.04. The summed E-state index contributed by atoms with van der Waals surface area (Å²) in [7, 11) is 0. The average molecular weight is 338 g/mol. The van der Waals surface area contributed by atoms with Gasteiger partial charge in [0.15, 0.2) is 5.69 Å². The molecule has 0 saturated heterocycles. The molecule has 2 aromatic heterocycles. The molecule has 25 heavy (non-hydrogen) atoms. The maximum absolute atomic E-state index is 12.2. The van der Waals surface area contributed by atoms with Crippen LogP contribution in [0.3, 0.4) is 0 Å². The lowest BCUT2D eigenvalue weighted by Gasteiger charge is -2.10. The van der Waals surface area contributed by atoms with Crippen molar-refractivity contribution >= 4 is 11.7 Å². The first-order valence-electron chi connectivity index (χ1n) is 7.72. The van der Waals surface area contributed by atoms with Gasteiger partial charge in [0, 0.05) is 12.2 Å². The molecule has 7 nitrogen and oxygen atoms in total. The smallest absolute Gasteiger partial charge is 0.399 e. The predicted molar refractivity (Wildman–Crippen MR) is 92.3 cm³/mol. The number of hydrogen-bond acceptors (Lipinski definition) is 6. The van der Waals surface area contributed by atoms with Crippen LogP contribution in [0, 0.1) is 13.8 Å². The summed E-state index contributed by atoms with van der Waals surface area (Å²) >= 11 is 0. The van der Waals surface area contributed by atoms with Gasteiger partial charge in [0.2, 0.25) is 0 Å². The van der Waals surface area contributed by atoms with Crippen molar-refractivity contribution in [3.05, 3.63) is 65.2 Å². The standard InChI is InChI=1S/C18H18N4O3/c1-11-8-16(19)21-12(2)14(11)9-20-17(23)15-10-24-18(22-15)25-13-6-4-3-5-7-13/h3-8,10H,9H2,1-2H3,(H2,19,21)(H,20,23). The minimum absolute atomic E-state index is 0.0119. The van der Waals surface area contributed by atoms with Gasteiger partial charge in [0.25, 0.3) is 5.91 Å². The zero-order chi connectivity index (χ0) is 17.8. The Balaban J connectivity index is 1.64. The topological polar surface area (TPSA) is 103 Å². The number of carbonyl (C=O) groups is 1. The number of rotatable bonds is 5. The molecule has 0 aliphatic rings. The third kappa shape index (κ3) is 3.95. The van der Waals surface area contributed by atoms with Gasteiger partial charge in [0.05, 0.1) is 0 Å². The van der Waals surface area contributed by atoms with E-state index in [2.05, 4.69) is 15.3 Å². The molecule has 3 aromatic rings. The molecule has 2 heterocycles. The van der Waals surface area contributed by atoms with Crippen LogP contribution in [0.15, 0.2) is 47.1 Å². The van der Waals surface area contributed by atoms with Crippen molar-refractivity contribution in [2.45, 2.75) is 20.4 Å². The summed E-state index contributed by atoms with van der Waals surface area (Å²) in [6.45, 7) is 4.10. The Kier molecular flexibility index (Phi) is 4.65. The van der Waals surface area contributed by atoms with Crippen molar-refractivity contribution in [3.63, 3.8) is 0 Å². The lowest BCUT2D eigenvalue weighted by atomic mass is 10.1. The quantitative estimate of drug-likeness (QED) is 0.741. The number of ether oxygens (including phenoxy) is 1. The number of amides is 1. The van der Waals surface area contributed by atoms with Gasteiger partial charge in [0.1, 0.15) is 17.8 Å². The lowest BCUT2D eigenvalue weighted by molar-refractivity contribution is 0.0945. The van der Waals surface area contributed by atoms with Crippen molar-refractivity contribution in [2.24, 2.45) is 0 Å². The van der Waals surface area contributed by atoms with E-state index < -0.39 is 0 Å². The molecule has 1 aromatic carbocycles. The summed E-state index contributed by atoms with van der Waals surface area (Å²) < 4.78 is 10.6. The highest BCUT2D eigenvalue weighted by atomic mass is 16.6. The molecule has 0 spiro atoms. The number of nitrogens with zero attached hydrogens (tertiary/aromatic N) is 2. The molecule has 0 aliphatic heterocycles. The van der Waals surface area contributed by atoms with E-state index in [0.29, 0.717) is 18.1 Å². The number of aromatic nitrogens is 2. The van der Waals surface area contributed by atoms with Crippen LogP contribution in [0.4, 0.5) is 5.82 Å². The fourth-order valence-corrected chi connectivity index (χ4v) is 2.41. The molecular formula is C18H18N4O3. The number of hydrogen-bond donors (Lipinski definition) is 2. The number of pyridine rings is 1. The maximum Gasteiger partial charge on any atom is 0.399 e. The fraction of sp³-hybridized carbons (Fsp3) is 0.167. The normalized spacial score (nSPS) is 10.5. The maximum atomic E-state index is 12.2. The molecule has 3 N–H and O–H groups in total. The zero-order valence-corrected chi connectivity index (χ0v) is 13.9. The summed E-state index contributed by atoms with van der Waals surface area (Å²) in [6, 6.07) is 10.8. The Bertz CT molecular complexity index is 867. The van der Waals surface area contributed by atoms with E-state index >= 15 is 0 Å². The van der Waals surface area contributed by atoms with E-state index in [1.54, 1.807) is 18.2 Å². The van der Waals surface area contributed by atoms with Gasteiger partial charge >= 0.3 is 6.08 Å². The predicted octanol–water partition coefficient (Wildman–Crippen LogP) is 2.99. The number of anilines is 1. The molecule has 128 valence electrons. The summed E-state index contributed by atoms with van der Waals surface area (Å²) in [4.78, 5) is 20.5. The average Bonchev–Trinajstić information content (AvgIpc) is 3.03. The molecule has 0 unspecified atom stereocenters. The monoisotopic (exact) mass is 338 g/mol. The number of benzene rings is 1. The van der Waals surface area contributed by atoms with Crippen LogP contribution in [0.2, 0.25) is 0 Å². The molecular weight excluding hydrogens is 320 g/mol. The fourth-order valence-electron chi connectivity index (χ4n) is 2.41. The Morgan fingerprint density at radius 3 is 2.72 bits per heavy atom. The third-order valence-electron chi connectivity index (χ3n) is 3.66. The number of para-hydroxylation sites is 1. The molecule has 0 radical (unpaired) electrons. The van der Waals surface area contributed by atoms with E-state index in [0.717, 1.165) is 16.8 Å². The highest BCUT2D eigenvalue weighted by Gasteiger charge is 2.15. The van der Waals surface area contributed by atoms with Gasteiger partial charge in [-0.2, -0.15) is 4.98 Å². The summed E-state index contributed by atoms with van der Waals surface area (Å²) in [5.74, 6) is 0.682. The van der Waals surface area contributed by atoms with Crippen LogP contribution in [0.25, 0.3) is 0 Å². The van der Waals surface area contributed by atoms with E-state index in [4.69, 9.17) is 14.9 Å². The van der Waals surface area contributed by atoms with Crippen LogP contribution in [0.5, 0.6) is 11.8 Å². The van der Waals surface area contributed by atoms with Gasteiger partial charge in [-0.3, -0.25) is 4.79 Å². The molecule has 0 bridgehead atoms. The second-order valence-electron chi connectivity index (χ2n) is 5.52. The molecule has 7 heteroatoms. The minimum atomic E-state index is -0.359. The van der Waals surface area contributed by atoms with E-state index in [1.165, 1.54) is 6.26 Å². The van der Waals surface area contributed by atoms with Crippen LogP contribution in [0.1, 0.15) is 27.3 Å². The van der Waals surface area contributed by atoms with E-state index in [-0.39, 0.29) is 17.7 Å². The van der Waals surface area contributed by atoms with Crippen LogP contribution < -0.4 is 15.8 Å². The van der Waals surface area contributed by atoms with E-state index in [1.807, 2.05) is 32.0 Å². The van der Waals surface area contributed by atoms with Crippen molar-refractivity contribution in [1.82, 2.24) is 15.3 Å². The van der Waals surface area contributed by atoms with Gasteiger partial charge in [-0.05, 0) is 43.2 Å². The Morgan fingerprint density at radius 1 is 1.24 bits per heavy atom. The number of nitrogens with one attached hydrogen (secondary N) is 1. The van der Waals surface area contributed by atoms with Crippen LogP contribution in [-0.2, 0) is 6.54 Å². The lowest BCUT2D eigenvalue weighted by Crippen LogP contribution is -2.24. The highest BCUT2D eigenvalue weighted by Crippen LogP contribution is 2.20. The largest absolute Gasteiger partial charge is 0.416 e. The highest BCUT2D eigenvalue weighted by molar-refractivity contribution is 5.92. The number of nitrogen functional groups attached to an aromatic ring is 1. The Hall–Kier alpha value is -3.35. The van der Waals surface area contributed by atoms with E-state index in [9.17, 15) is 4.79 Å². The third-order valence-corrected chi connectivity index (χ3v) is 3.66. The van der Waals surface area contributed by atoms with Crippen LogP contribution in [-0.4, -0.2) is 15.9 Å². The van der Waals surface area contributed by atoms with Gasteiger partial charge in [-0.1, -0.05) is 18.2 Å². The number of nitrogens with two attached hydrogens (primary N) is 1. The summed E-state index contributed by atoms with van der Waals surface area (Å²) in [5.41, 5.74) is 8.53. The van der Waals surface area contributed by atoms with Crippen molar-refractivity contribution in [1.29, 1.82) is 0 Å². The molecule has 1 amide bonds. The Labute approximate surface area is 144 Å². The minimum Gasteiger partial charge on any atom is -0.416 e. The van der Waals surface area contributed by atoms with Gasteiger partial charge in [-0.15, -0.1) is 0 Å². The van der Waals surface area contributed by atoms with Crippen molar-refractivity contribution in [2.75, 3.05) is 5.73 Å². The number of carbonyl (C=O) groups excluding carboxylic acids is 1. The molecule has 0 aliphatic carbocycles. The SMILES string of the molecule is Cc1cc(N)nc(C)c1CNC(=O)c1coc(Oc2ccccc2)n1. The first-order valence-corrected chi connectivity index (χ1v) is 7.72. The van der Waals surface area contributed by atoms with Crippen molar-refractivity contribution in [3.8, 4) is 11.8 Å². The summed E-state index contributed by atoms with van der Waals surface area (Å²) in [5, 5.41) is 2.80. The van der Waals surface area contributed by atoms with Crippen LogP contribution >= 0.6 is 0 Å². The first-order chi connectivity index (χ1) is 12.0. The number of aryl methyl sites for hydroxylation is 2. The number of oxazole rings is 1. The molecule has 0 saturated carbocycles. The van der Waals surface area contributed by atoms with Crippen molar-refractivity contribution < 1.29 is 13.9 Å².